The van der Waals surface area contributed by atoms with Gasteiger partial charge in [-0.2, -0.15) is 15.2 Å². The van der Waals surface area contributed by atoms with Gasteiger partial charge in [-0.1, -0.05) is 32.4 Å². The molecular weight excluding hydrogens is 498 g/mol. The molecule has 1 fully saturated rings. The summed E-state index contributed by atoms with van der Waals surface area (Å²) in [5.74, 6) is 1.96. The van der Waals surface area contributed by atoms with Crippen molar-refractivity contribution in [1.29, 1.82) is 0 Å². The Hall–Kier alpha value is -3.74. The summed E-state index contributed by atoms with van der Waals surface area (Å²) < 4.78 is 16.7. The first-order valence-electron chi connectivity index (χ1n) is 11.8. The number of hydrogen-bond acceptors (Lipinski definition) is 9. The fourth-order valence-electron chi connectivity index (χ4n) is 4.42. The summed E-state index contributed by atoms with van der Waals surface area (Å²) in [4.78, 5) is 13.3. The second-order valence-corrected chi connectivity index (χ2v) is 10.4. The molecule has 0 bridgehead atoms. The minimum absolute atomic E-state index is 0.201. The quantitative estimate of drug-likeness (QED) is 0.354. The number of aryl methyl sites for hydroxylation is 1. The summed E-state index contributed by atoms with van der Waals surface area (Å²) in [5, 5.41) is 23.1. The number of aliphatic hydroxyl groups is 1. The fraction of sp³-hybridized carbons (Fsp3) is 0.375. The molecule has 0 spiro atoms. The lowest BCUT2D eigenvalue weighted by atomic mass is 9.91. The van der Waals surface area contributed by atoms with E-state index in [1.165, 1.54) is 6.20 Å². The molecule has 0 radical (unpaired) electrons. The minimum Gasteiger partial charge on any atom is -0.452 e. The van der Waals surface area contributed by atoms with Crippen molar-refractivity contribution in [3.05, 3.63) is 47.6 Å². The Morgan fingerprint density at radius 2 is 2.03 bits per heavy atom. The highest BCUT2D eigenvalue weighted by Gasteiger charge is 2.33. The number of pyridine rings is 1. The fourth-order valence-corrected chi connectivity index (χ4v) is 4.72. The predicted octanol–water partition coefficient (Wildman–Crippen LogP) is 3.63. The average Bonchev–Trinajstić information content (AvgIpc) is 3.62. The first-order valence-corrected chi connectivity index (χ1v) is 12.2. The Balaban J connectivity index is 1.33. The number of halogens is 1. The van der Waals surface area contributed by atoms with E-state index in [-0.39, 0.29) is 11.5 Å². The van der Waals surface area contributed by atoms with Crippen LogP contribution in [0.1, 0.15) is 32.5 Å². The highest BCUT2D eigenvalue weighted by molar-refractivity contribution is 6.36. The van der Waals surface area contributed by atoms with Crippen LogP contribution < -0.4 is 10.1 Å². The number of rotatable bonds is 5. The van der Waals surface area contributed by atoms with Gasteiger partial charge in [-0.15, -0.1) is 0 Å². The smallest absolute Gasteiger partial charge is 0.210 e. The van der Waals surface area contributed by atoms with Crippen LogP contribution in [0.25, 0.3) is 16.8 Å². The van der Waals surface area contributed by atoms with Crippen LogP contribution in [0.5, 0.6) is 11.5 Å². The second-order valence-electron chi connectivity index (χ2n) is 10.0. The Labute approximate surface area is 216 Å². The summed E-state index contributed by atoms with van der Waals surface area (Å²) >= 11 is 6.75. The van der Waals surface area contributed by atoms with Crippen molar-refractivity contribution in [1.82, 2.24) is 38.9 Å². The van der Waals surface area contributed by atoms with Gasteiger partial charge in [0.15, 0.2) is 28.6 Å². The first kappa shape index (κ1) is 23.6. The highest BCUT2D eigenvalue weighted by atomic mass is 35.5. The van der Waals surface area contributed by atoms with Gasteiger partial charge in [0.05, 0.1) is 25.6 Å². The maximum atomic E-state index is 10.4. The average molecular weight is 524 g/mol. The van der Waals surface area contributed by atoms with Gasteiger partial charge in [-0.05, 0) is 0 Å². The van der Waals surface area contributed by atoms with Crippen molar-refractivity contribution in [3.63, 3.8) is 0 Å². The van der Waals surface area contributed by atoms with Crippen molar-refractivity contribution in [3.8, 4) is 11.5 Å². The molecule has 0 saturated carbocycles. The van der Waals surface area contributed by atoms with E-state index < -0.39 is 6.10 Å². The van der Waals surface area contributed by atoms with Crippen LogP contribution in [-0.2, 0) is 17.2 Å². The molecule has 192 valence electrons. The van der Waals surface area contributed by atoms with E-state index in [9.17, 15) is 5.11 Å². The third-order valence-corrected chi connectivity index (χ3v) is 6.71. The maximum absolute atomic E-state index is 10.4. The summed E-state index contributed by atoms with van der Waals surface area (Å²) in [7, 11) is 1.84. The summed E-state index contributed by atoms with van der Waals surface area (Å²) in [5.41, 5.74) is 2.48. The topological polar surface area (TPSA) is 129 Å². The molecule has 1 aliphatic heterocycles. The van der Waals surface area contributed by atoms with Gasteiger partial charge in [0, 0.05) is 42.7 Å². The van der Waals surface area contributed by atoms with E-state index in [0.717, 1.165) is 5.69 Å². The first-order chi connectivity index (χ1) is 17.7. The summed E-state index contributed by atoms with van der Waals surface area (Å²) in [6.45, 7) is 7.01. The number of imidazole rings is 2. The monoisotopic (exact) mass is 523 g/mol. The maximum Gasteiger partial charge on any atom is 0.210 e. The van der Waals surface area contributed by atoms with E-state index in [1.54, 1.807) is 33.7 Å². The second kappa shape index (κ2) is 8.68. The molecular formula is C24H26ClN9O3. The standard InChI is InChI=1S/C24H26ClN9O3/c1-24(2,3)17-8-18(31-34(17)14-11-36-12-15(14)35)29-23-30-22-21(32(23)4)20(25)16(10-27-22)37-13-7-19-26-5-6-33(19)28-9-13/h5-10,14-15,35H,11-12H2,1-4H3,(H,27,29,30,31)/t14-,15-/m1/s1. The van der Waals surface area contributed by atoms with Gasteiger partial charge in [-0.25, -0.2) is 14.5 Å². The number of aliphatic hydroxyl groups excluding tert-OH is 1. The highest BCUT2D eigenvalue weighted by Crippen LogP contribution is 2.36. The number of anilines is 2. The lowest BCUT2D eigenvalue weighted by molar-refractivity contribution is 0.117. The molecule has 13 heteroatoms. The number of aromatic nitrogens is 8. The molecule has 0 amide bonds. The van der Waals surface area contributed by atoms with Crippen LogP contribution in [0, 0.1) is 0 Å². The van der Waals surface area contributed by atoms with Gasteiger partial charge < -0.3 is 24.5 Å². The molecule has 5 aromatic heterocycles. The van der Waals surface area contributed by atoms with Gasteiger partial charge in [0.2, 0.25) is 5.95 Å². The van der Waals surface area contributed by atoms with Crippen LogP contribution >= 0.6 is 11.6 Å². The van der Waals surface area contributed by atoms with Crippen molar-refractivity contribution < 1.29 is 14.6 Å². The Bertz CT molecular complexity index is 1620. The molecule has 12 nitrogen and oxygen atoms in total. The molecule has 1 aliphatic rings. The van der Waals surface area contributed by atoms with E-state index >= 15 is 0 Å². The Morgan fingerprint density at radius 3 is 2.78 bits per heavy atom. The van der Waals surface area contributed by atoms with E-state index in [4.69, 9.17) is 26.2 Å². The van der Waals surface area contributed by atoms with Gasteiger partial charge >= 0.3 is 0 Å². The number of ether oxygens (including phenoxy) is 2. The van der Waals surface area contributed by atoms with E-state index in [1.807, 2.05) is 17.8 Å². The van der Waals surface area contributed by atoms with Crippen LogP contribution in [0.15, 0.2) is 36.9 Å². The van der Waals surface area contributed by atoms with E-state index in [2.05, 4.69) is 46.1 Å². The lowest BCUT2D eigenvalue weighted by Gasteiger charge is -2.24. The number of hydrogen-bond donors (Lipinski definition) is 2. The molecule has 6 rings (SSSR count). The van der Waals surface area contributed by atoms with Crippen LogP contribution in [-0.4, -0.2) is 63.3 Å². The predicted molar refractivity (Wildman–Crippen MR) is 137 cm³/mol. The van der Waals surface area contributed by atoms with E-state index in [0.29, 0.717) is 58.3 Å². The number of fused-ring (bicyclic) bond motifs is 2. The zero-order valence-corrected chi connectivity index (χ0v) is 21.5. The molecule has 0 aromatic carbocycles. The van der Waals surface area contributed by atoms with Crippen LogP contribution in [0.3, 0.4) is 0 Å². The number of nitrogens with zero attached hydrogens (tertiary/aromatic N) is 8. The van der Waals surface area contributed by atoms with Crippen molar-refractivity contribution in [2.75, 3.05) is 18.5 Å². The SMILES string of the molecule is Cn1c(Nc2cc(C(C)(C)C)n([C@@H]3COC[C@H]3O)n2)nc2ncc(Oc3cnn4ccnc4c3)c(Cl)c21. The molecule has 2 atom stereocenters. The number of nitrogens with one attached hydrogen (secondary N) is 1. The zero-order chi connectivity index (χ0) is 25.9. The van der Waals surface area contributed by atoms with Gasteiger partial charge in [0.25, 0.3) is 0 Å². The summed E-state index contributed by atoms with van der Waals surface area (Å²) in [6.07, 6.45) is 5.91. The Morgan fingerprint density at radius 1 is 1.19 bits per heavy atom. The summed E-state index contributed by atoms with van der Waals surface area (Å²) in [6, 6.07) is 3.48. The molecule has 6 heterocycles. The third-order valence-electron chi connectivity index (χ3n) is 6.34. The van der Waals surface area contributed by atoms with Gasteiger partial charge in [0.1, 0.15) is 22.7 Å². The molecule has 37 heavy (non-hydrogen) atoms. The Kier molecular flexibility index (Phi) is 5.55. The molecule has 0 aliphatic carbocycles. The van der Waals surface area contributed by atoms with Gasteiger partial charge in [-0.3, -0.25) is 4.68 Å². The largest absolute Gasteiger partial charge is 0.452 e. The molecule has 5 aromatic rings. The normalized spacial score (nSPS) is 18.2. The lowest BCUT2D eigenvalue weighted by Crippen LogP contribution is -2.28. The zero-order valence-electron chi connectivity index (χ0n) is 20.8. The van der Waals surface area contributed by atoms with Crippen LogP contribution in [0.4, 0.5) is 11.8 Å². The molecule has 1 saturated heterocycles. The van der Waals surface area contributed by atoms with Crippen molar-refractivity contribution in [2.45, 2.75) is 38.3 Å². The molecule has 2 N–H and O–H groups in total. The van der Waals surface area contributed by atoms with Crippen molar-refractivity contribution >= 4 is 40.2 Å². The third kappa shape index (κ3) is 4.16. The van der Waals surface area contributed by atoms with Crippen molar-refractivity contribution in [2.24, 2.45) is 7.05 Å². The minimum atomic E-state index is -0.615. The molecule has 0 unspecified atom stereocenters. The van der Waals surface area contributed by atoms with Crippen LogP contribution in [0.2, 0.25) is 5.02 Å².